The molecule has 1 atom stereocenters. The summed E-state index contributed by atoms with van der Waals surface area (Å²) in [4.78, 5) is 27.3. The molecular weight excluding hydrogens is 462 g/mol. The van der Waals surface area contributed by atoms with Crippen molar-refractivity contribution in [3.05, 3.63) is 90.4 Å². The van der Waals surface area contributed by atoms with Gasteiger partial charge in [-0.1, -0.05) is 42.4 Å². The van der Waals surface area contributed by atoms with E-state index in [2.05, 4.69) is 39.0 Å². The number of ether oxygens (including phenoxy) is 1. The predicted octanol–water partition coefficient (Wildman–Crippen LogP) is 6.11. The first-order chi connectivity index (χ1) is 17.1. The lowest BCUT2D eigenvalue weighted by molar-refractivity contribution is -0.127. The third-order valence-corrected chi connectivity index (χ3v) is 6.37. The smallest absolute Gasteiger partial charge is 0.245 e. The molecule has 0 spiro atoms. The van der Waals surface area contributed by atoms with Gasteiger partial charge < -0.3 is 15.0 Å². The zero-order valence-electron chi connectivity index (χ0n) is 19.0. The molecule has 1 fully saturated rings. The van der Waals surface area contributed by atoms with Gasteiger partial charge in [0.15, 0.2) is 5.75 Å². The maximum atomic E-state index is 12.1. The Morgan fingerprint density at radius 2 is 2.00 bits per heavy atom. The lowest BCUT2D eigenvalue weighted by Crippen LogP contribution is -2.38. The Bertz CT molecular complexity index is 1380. The first-order valence-corrected chi connectivity index (χ1v) is 11.8. The molecule has 1 amide bonds. The minimum Gasteiger partial charge on any atom is -0.454 e. The zero-order chi connectivity index (χ0) is 24.2. The molecule has 1 saturated heterocycles. The van der Waals surface area contributed by atoms with Crippen molar-refractivity contribution in [2.24, 2.45) is 0 Å². The Morgan fingerprint density at radius 3 is 2.80 bits per heavy atom. The molecule has 0 radical (unpaired) electrons. The number of aromatic nitrogens is 3. The van der Waals surface area contributed by atoms with Crippen molar-refractivity contribution in [3.8, 4) is 11.5 Å². The van der Waals surface area contributed by atoms with Crippen LogP contribution in [0.25, 0.3) is 10.9 Å². The van der Waals surface area contributed by atoms with Crippen molar-refractivity contribution < 1.29 is 9.53 Å². The summed E-state index contributed by atoms with van der Waals surface area (Å²) in [6, 6.07) is 17.3. The van der Waals surface area contributed by atoms with E-state index in [-0.39, 0.29) is 11.8 Å². The molecule has 7 nitrogen and oxygen atoms in total. The van der Waals surface area contributed by atoms with Crippen molar-refractivity contribution in [1.29, 1.82) is 0 Å². The Kier molecular flexibility index (Phi) is 6.59. The summed E-state index contributed by atoms with van der Waals surface area (Å²) in [6.07, 6.45) is 6.46. The van der Waals surface area contributed by atoms with Gasteiger partial charge in [0, 0.05) is 30.5 Å². The third-order valence-electron chi connectivity index (χ3n) is 6.08. The Labute approximate surface area is 208 Å². The van der Waals surface area contributed by atoms with Gasteiger partial charge in [0.2, 0.25) is 5.91 Å². The van der Waals surface area contributed by atoms with E-state index in [1.54, 1.807) is 12.3 Å². The van der Waals surface area contributed by atoms with Crippen LogP contribution in [0.15, 0.2) is 79.8 Å². The number of nitrogens with one attached hydrogen (secondary N) is 1. The second-order valence-corrected chi connectivity index (χ2v) is 8.77. The lowest BCUT2D eigenvalue weighted by Gasteiger charge is -2.32. The van der Waals surface area contributed by atoms with Crippen LogP contribution in [0.5, 0.6) is 11.5 Å². The number of fused-ring (bicyclic) bond motifs is 1. The second-order valence-electron chi connectivity index (χ2n) is 8.37. The molecule has 1 aliphatic rings. The van der Waals surface area contributed by atoms with Crippen LogP contribution >= 0.6 is 11.6 Å². The highest BCUT2D eigenvalue weighted by Crippen LogP contribution is 2.33. The molecule has 1 N–H and O–H groups in total. The van der Waals surface area contributed by atoms with Crippen molar-refractivity contribution in [2.45, 2.75) is 18.8 Å². The molecule has 8 heteroatoms. The highest BCUT2D eigenvalue weighted by Gasteiger charge is 2.24. The largest absolute Gasteiger partial charge is 0.454 e. The summed E-state index contributed by atoms with van der Waals surface area (Å²) >= 11 is 6.46. The highest BCUT2D eigenvalue weighted by atomic mass is 35.5. The lowest BCUT2D eigenvalue weighted by atomic mass is 9.90. The molecule has 1 unspecified atom stereocenters. The zero-order valence-corrected chi connectivity index (χ0v) is 19.8. The van der Waals surface area contributed by atoms with E-state index in [0.717, 1.165) is 35.9 Å². The number of anilines is 2. The number of rotatable bonds is 6. The number of likely N-dealkylation sites (tertiary alicyclic amines) is 1. The number of hydrogen-bond donors (Lipinski definition) is 1. The quantitative estimate of drug-likeness (QED) is 0.332. The average Bonchev–Trinajstić information content (AvgIpc) is 2.90. The standard InChI is InChI=1S/C27H24ClN5O2/c1-2-26(34)33-12-6-7-19(16-33)18-10-11-23-21(13-18)27(31-17-30-23)32-25-14-22(28)24(15-29-25)35-20-8-4-3-5-9-20/h2-5,8-11,13-15,17,19H,1,6-7,12,16H2,(H,29,30,31,32). The number of carbonyl (C=O) groups is 1. The van der Waals surface area contributed by atoms with Gasteiger partial charge in [-0.3, -0.25) is 4.79 Å². The maximum absolute atomic E-state index is 12.1. The Hall–Kier alpha value is -3.97. The SMILES string of the molecule is C=CC(=O)N1CCCC(c2ccc3ncnc(Nc4cc(Cl)c(Oc5ccccc5)cn4)c3c2)C1. The van der Waals surface area contributed by atoms with Crippen LogP contribution in [-0.2, 0) is 4.79 Å². The maximum Gasteiger partial charge on any atom is 0.245 e. The summed E-state index contributed by atoms with van der Waals surface area (Å²) in [5, 5.41) is 4.57. The summed E-state index contributed by atoms with van der Waals surface area (Å²) in [7, 11) is 0. The molecule has 2 aromatic carbocycles. The minimum atomic E-state index is -0.0242. The molecule has 3 heterocycles. The van der Waals surface area contributed by atoms with Crippen LogP contribution in [-0.4, -0.2) is 38.8 Å². The molecule has 2 aromatic heterocycles. The predicted molar refractivity (Wildman–Crippen MR) is 137 cm³/mol. The summed E-state index contributed by atoms with van der Waals surface area (Å²) in [6.45, 7) is 5.06. The fourth-order valence-corrected chi connectivity index (χ4v) is 4.50. The molecule has 0 saturated carbocycles. The molecule has 0 aliphatic carbocycles. The molecule has 176 valence electrons. The molecule has 1 aliphatic heterocycles. The number of benzene rings is 2. The van der Waals surface area contributed by atoms with Crippen molar-refractivity contribution in [3.63, 3.8) is 0 Å². The summed E-state index contributed by atoms with van der Waals surface area (Å²) in [5.74, 6) is 2.54. The molecular formula is C27H24ClN5O2. The fraction of sp³-hybridized carbons (Fsp3) is 0.185. The average molecular weight is 486 g/mol. The van der Waals surface area contributed by atoms with E-state index in [1.807, 2.05) is 41.3 Å². The normalized spacial score (nSPS) is 15.6. The van der Waals surface area contributed by atoms with Gasteiger partial charge in [-0.2, -0.15) is 0 Å². The number of pyridine rings is 1. The van der Waals surface area contributed by atoms with Gasteiger partial charge in [-0.05, 0) is 48.7 Å². The summed E-state index contributed by atoms with van der Waals surface area (Å²) < 4.78 is 5.82. The van der Waals surface area contributed by atoms with Crippen LogP contribution in [0.1, 0.15) is 24.3 Å². The van der Waals surface area contributed by atoms with Crippen molar-refractivity contribution >= 4 is 40.0 Å². The fourth-order valence-electron chi connectivity index (χ4n) is 4.30. The number of hydrogen-bond acceptors (Lipinski definition) is 6. The number of halogens is 1. The highest BCUT2D eigenvalue weighted by molar-refractivity contribution is 6.32. The first kappa shape index (κ1) is 22.8. The number of piperidine rings is 1. The van der Waals surface area contributed by atoms with E-state index in [1.165, 1.54) is 12.4 Å². The van der Waals surface area contributed by atoms with Crippen molar-refractivity contribution in [2.75, 3.05) is 18.4 Å². The van der Waals surface area contributed by atoms with Gasteiger partial charge in [-0.15, -0.1) is 0 Å². The Morgan fingerprint density at radius 1 is 1.14 bits per heavy atom. The van der Waals surface area contributed by atoms with Gasteiger partial charge in [0.25, 0.3) is 0 Å². The van der Waals surface area contributed by atoms with E-state index >= 15 is 0 Å². The third kappa shape index (κ3) is 5.10. The van der Waals surface area contributed by atoms with E-state index in [9.17, 15) is 4.79 Å². The number of nitrogens with zero attached hydrogens (tertiary/aromatic N) is 4. The van der Waals surface area contributed by atoms with Crippen LogP contribution in [0.2, 0.25) is 5.02 Å². The van der Waals surface area contributed by atoms with Gasteiger partial charge in [0.1, 0.15) is 23.7 Å². The topological polar surface area (TPSA) is 80.2 Å². The van der Waals surface area contributed by atoms with Crippen LogP contribution in [0.3, 0.4) is 0 Å². The van der Waals surface area contributed by atoms with Crippen LogP contribution in [0, 0.1) is 0 Å². The number of carbonyl (C=O) groups excluding carboxylic acids is 1. The van der Waals surface area contributed by atoms with Gasteiger partial charge in [-0.25, -0.2) is 15.0 Å². The monoisotopic (exact) mass is 485 g/mol. The van der Waals surface area contributed by atoms with Gasteiger partial charge in [0.05, 0.1) is 16.7 Å². The number of para-hydroxylation sites is 1. The van der Waals surface area contributed by atoms with Crippen LogP contribution in [0.4, 0.5) is 11.6 Å². The van der Waals surface area contributed by atoms with E-state index < -0.39 is 0 Å². The molecule has 5 rings (SSSR count). The molecule has 35 heavy (non-hydrogen) atoms. The van der Waals surface area contributed by atoms with Crippen LogP contribution < -0.4 is 10.1 Å². The number of amides is 1. The first-order valence-electron chi connectivity index (χ1n) is 11.4. The molecule has 0 bridgehead atoms. The van der Waals surface area contributed by atoms with E-state index in [0.29, 0.717) is 34.7 Å². The Balaban J connectivity index is 1.39. The van der Waals surface area contributed by atoms with Crippen molar-refractivity contribution in [1.82, 2.24) is 19.9 Å². The van der Waals surface area contributed by atoms with E-state index in [4.69, 9.17) is 16.3 Å². The molecule has 4 aromatic rings. The minimum absolute atomic E-state index is 0.0242. The second kappa shape index (κ2) is 10.1. The summed E-state index contributed by atoms with van der Waals surface area (Å²) in [5.41, 5.74) is 1.96. The van der Waals surface area contributed by atoms with Gasteiger partial charge >= 0.3 is 0 Å².